The van der Waals surface area contributed by atoms with Gasteiger partial charge in [-0.3, -0.25) is 19.3 Å². The Morgan fingerprint density at radius 3 is 2.77 bits per heavy atom. The number of aromatic nitrogens is 3. The van der Waals surface area contributed by atoms with E-state index in [4.69, 9.17) is 0 Å². The SMILES string of the molecule is CC(C)NC(=O)[C@@H]1CN2CC[C@@H]1C[C@@H]2Cn1cc(CN(C)Cc2ccccc2)nn1. The molecule has 1 N–H and O–H groups in total. The summed E-state index contributed by atoms with van der Waals surface area (Å²) in [6.07, 6.45) is 4.27. The lowest BCUT2D eigenvalue weighted by molar-refractivity contribution is -0.133. The molecule has 162 valence electrons. The van der Waals surface area contributed by atoms with Crippen molar-refractivity contribution in [3.05, 3.63) is 47.8 Å². The molecule has 2 bridgehead atoms. The number of carbonyl (C=O) groups excluding carboxylic acids is 1. The Morgan fingerprint density at radius 1 is 1.27 bits per heavy atom. The zero-order valence-electron chi connectivity index (χ0n) is 18.4. The van der Waals surface area contributed by atoms with E-state index in [0.29, 0.717) is 12.0 Å². The molecule has 0 spiro atoms. The van der Waals surface area contributed by atoms with Gasteiger partial charge >= 0.3 is 0 Å². The van der Waals surface area contributed by atoms with E-state index in [1.165, 1.54) is 5.56 Å². The minimum absolute atomic E-state index is 0.135. The van der Waals surface area contributed by atoms with Crippen molar-refractivity contribution >= 4 is 5.91 Å². The van der Waals surface area contributed by atoms with Crippen LogP contribution in [0.4, 0.5) is 0 Å². The summed E-state index contributed by atoms with van der Waals surface area (Å²) >= 11 is 0. The average Bonchev–Trinajstić information content (AvgIpc) is 3.15. The number of hydrogen-bond acceptors (Lipinski definition) is 5. The second-order valence-electron chi connectivity index (χ2n) is 9.29. The summed E-state index contributed by atoms with van der Waals surface area (Å²) in [6, 6.07) is 11.1. The molecule has 3 fully saturated rings. The molecule has 1 aromatic carbocycles. The Labute approximate surface area is 179 Å². The Balaban J connectivity index is 1.30. The maximum absolute atomic E-state index is 12.5. The molecule has 1 unspecified atom stereocenters. The van der Waals surface area contributed by atoms with E-state index < -0.39 is 0 Å². The summed E-state index contributed by atoms with van der Waals surface area (Å²) in [5.41, 5.74) is 2.30. The third kappa shape index (κ3) is 5.08. The van der Waals surface area contributed by atoms with Gasteiger partial charge in [0, 0.05) is 37.9 Å². The molecule has 3 aliphatic heterocycles. The van der Waals surface area contributed by atoms with Gasteiger partial charge in [0.25, 0.3) is 0 Å². The van der Waals surface area contributed by atoms with E-state index in [2.05, 4.69) is 62.9 Å². The predicted molar refractivity (Wildman–Crippen MR) is 116 cm³/mol. The number of carbonyl (C=O) groups is 1. The molecule has 0 saturated carbocycles. The van der Waals surface area contributed by atoms with Gasteiger partial charge in [0.05, 0.1) is 18.2 Å². The maximum Gasteiger partial charge on any atom is 0.224 e. The Kier molecular flexibility index (Phi) is 6.49. The molecule has 7 heteroatoms. The molecule has 0 aliphatic carbocycles. The smallest absolute Gasteiger partial charge is 0.224 e. The van der Waals surface area contributed by atoms with Crippen molar-refractivity contribution in [3.8, 4) is 0 Å². The van der Waals surface area contributed by atoms with Crippen LogP contribution in [0.1, 0.15) is 37.9 Å². The van der Waals surface area contributed by atoms with Gasteiger partial charge in [0.2, 0.25) is 5.91 Å². The van der Waals surface area contributed by atoms with Gasteiger partial charge in [-0.25, -0.2) is 0 Å². The molecule has 3 aliphatic rings. The highest BCUT2D eigenvalue weighted by Crippen LogP contribution is 2.37. The van der Waals surface area contributed by atoms with Crippen molar-refractivity contribution in [2.75, 3.05) is 20.1 Å². The lowest BCUT2D eigenvalue weighted by atomic mass is 9.75. The normalized spacial score (nSPS) is 25.8. The fraction of sp³-hybridized carbons (Fsp3) is 0.609. The molecular weight excluding hydrogens is 376 g/mol. The highest BCUT2D eigenvalue weighted by molar-refractivity contribution is 5.79. The van der Waals surface area contributed by atoms with Crippen LogP contribution in [0, 0.1) is 11.8 Å². The Hall–Kier alpha value is -2.25. The number of amides is 1. The molecule has 4 heterocycles. The molecular formula is C23H34N6O. The summed E-state index contributed by atoms with van der Waals surface area (Å²) in [7, 11) is 2.11. The van der Waals surface area contributed by atoms with Crippen LogP contribution in [-0.2, 0) is 24.4 Å². The van der Waals surface area contributed by atoms with Crippen LogP contribution in [0.25, 0.3) is 0 Å². The minimum Gasteiger partial charge on any atom is -0.354 e. The minimum atomic E-state index is 0.135. The van der Waals surface area contributed by atoms with Crippen LogP contribution in [0.3, 0.4) is 0 Å². The highest BCUT2D eigenvalue weighted by atomic mass is 16.2. The van der Waals surface area contributed by atoms with Crippen LogP contribution in [0.15, 0.2) is 36.5 Å². The zero-order chi connectivity index (χ0) is 21.1. The van der Waals surface area contributed by atoms with Crippen LogP contribution < -0.4 is 5.32 Å². The van der Waals surface area contributed by atoms with Gasteiger partial charge in [-0.2, -0.15) is 0 Å². The molecule has 1 amide bonds. The van der Waals surface area contributed by atoms with E-state index in [1.807, 2.05) is 24.6 Å². The second kappa shape index (κ2) is 9.27. The molecule has 4 atom stereocenters. The number of benzene rings is 1. The van der Waals surface area contributed by atoms with E-state index in [9.17, 15) is 4.79 Å². The third-order valence-electron chi connectivity index (χ3n) is 6.36. The standard InChI is InChI=1S/C23H34N6O/c1-17(2)24-23(30)22-16-28-10-9-19(22)11-21(28)15-29-14-20(25-26-29)13-27(3)12-18-7-5-4-6-8-18/h4-8,14,17,19,21-22H,9-13,15-16H2,1-3H3,(H,24,30)/t19-,21-,22-/m1/s1. The van der Waals surface area contributed by atoms with Crippen molar-refractivity contribution < 1.29 is 4.79 Å². The Bertz CT molecular complexity index is 835. The van der Waals surface area contributed by atoms with E-state index in [-0.39, 0.29) is 17.9 Å². The van der Waals surface area contributed by atoms with Gasteiger partial charge in [-0.05, 0) is 51.8 Å². The number of piperidine rings is 3. The molecule has 1 aromatic heterocycles. The molecule has 2 aromatic rings. The van der Waals surface area contributed by atoms with Gasteiger partial charge in [0.15, 0.2) is 0 Å². The number of rotatable bonds is 8. The summed E-state index contributed by atoms with van der Waals surface area (Å²) < 4.78 is 1.99. The van der Waals surface area contributed by atoms with Gasteiger partial charge in [-0.15, -0.1) is 5.10 Å². The zero-order valence-corrected chi connectivity index (χ0v) is 18.4. The first-order chi connectivity index (χ1) is 14.5. The number of nitrogens with one attached hydrogen (secondary N) is 1. The second-order valence-corrected chi connectivity index (χ2v) is 9.29. The summed E-state index contributed by atoms with van der Waals surface area (Å²) in [5, 5.41) is 11.9. The highest BCUT2D eigenvalue weighted by Gasteiger charge is 2.43. The first kappa shape index (κ1) is 21.0. The molecule has 30 heavy (non-hydrogen) atoms. The average molecular weight is 411 g/mol. The van der Waals surface area contributed by atoms with Crippen LogP contribution in [0.5, 0.6) is 0 Å². The quantitative estimate of drug-likeness (QED) is 0.722. The largest absolute Gasteiger partial charge is 0.354 e. The van der Waals surface area contributed by atoms with Crippen molar-refractivity contribution in [1.29, 1.82) is 0 Å². The fourth-order valence-electron chi connectivity index (χ4n) is 4.96. The monoisotopic (exact) mass is 410 g/mol. The first-order valence-corrected chi connectivity index (χ1v) is 11.1. The maximum atomic E-state index is 12.5. The summed E-state index contributed by atoms with van der Waals surface area (Å²) in [4.78, 5) is 17.3. The van der Waals surface area contributed by atoms with Crippen LogP contribution in [0.2, 0.25) is 0 Å². The van der Waals surface area contributed by atoms with Gasteiger partial charge < -0.3 is 5.32 Å². The molecule has 5 rings (SSSR count). The van der Waals surface area contributed by atoms with E-state index in [1.54, 1.807) is 0 Å². The topological polar surface area (TPSA) is 66.3 Å². The molecule has 3 saturated heterocycles. The van der Waals surface area contributed by atoms with Crippen molar-refractivity contribution in [3.63, 3.8) is 0 Å². The fourth-order valence-corrected chi connectivity index (χ4v) is 4.96. The van der Waals surface area contributed by atoms with Crippen molar-refractivity contribution in [2.45, 2.75) is 58.4 Å². The number of fused-ring (bicyclic) bond motifs is 3. The number of nitrogens with zero attached hydrogens (tertiary/aromatic N) is 5. The van der Waals surface area contributed by atoms with Gasteiger partial charge in [-0.1, -0.05) is 35.5 Å². The van der Waals surface area contributed by atoms with Gasteiger partial charge in [0.1, 0.15) is 0 Å². The molecule has 0 radical (unpaired) electrons. The predicted octanol–water partition coefficient (Wildman–Crippen LogP) is 2.15. The first-order valence-electron chi connectivity index (χ1n) is 11.1. The lowest BCUT2D eigenvalue weighted by Gasteiger charge is -2.49. The van der Waals surface area contributed by atoms with Crippen molar-refractivity contribution in [2.24, 2.45) is 11.8 Å². The molecule has 7 nitrogen and oxygen atoms in total. The van der Waals surface area contributed by atoms with E-state index >= 15 is 0 Å². The third-order valence-corrected chi connectivity index (χ3v) is 6.36. The summed E-state index contributed by atoms with van der Waals surface area (Å²) in [5.74, 6) is 0.844. The summed E-state index contributed by atoms with van der Waals surface area (Å²) in [6.45, 7) is 8.54. The van der Waals surface area contributed by atoms with Crippen molar-refractivity contribution in [1.82, 2.24) is 30.1 Å². The van der Waals surface area contributed by atoms with Crippen LogP contribution >= 0.6 is 0 Å². The number of hydrogen-bond donors (Lipinski definition) is 1. The lowest BCUT2D eigenvalue weighted by Crippen LogP contribution is -2.58. The Morgan fingerprint density at radius 2 is 2.07 bits per heavy atom. The van der Waals surface area contributed by atoms with Crippen LogP contribution in [-0.4, -0.2) is 62.9 Å². The van der Waals surface area contributed by atoms with E-state index in [0.717, 1.165) is 51.3 Å².